The lowest BCUT2D eigenvalue weighted by molar-refractivity contribution is 0.582. The van der Waals surface area contributed by atoms with Crippen LogP contribution in [0.4, 0.5) is 0 Å². The fourth-order valence-electron chi connectivity index (χ4n) is 1.53. The van der Waals surface area contributed by atoms with Crippen LogP contribution in [0.3, 0.4) is 0 Å². The molecule has 1 aromatic carbocycles. The van der Waals surface area contributed by atoms with Crippen LogP contribution in [0.2, 0.25) is 0 Å². The Kier molecular flexibility index (Phi) is 1.44. The molecular weight excluding hydrogens is 176 g/mol. The van der Waals surface area contributed by atoms with Crippen LogP contribution in [-0.4, -0.2) is 10.2 Å². The van der Waals surface area contributed by atoms with E-state index in [0.717, 1.165) is 22.2 Å². The number of hydrogen-bond donors (Lipinski definition) is 1. The van der Waals surface area contributed by atoms with Gasteiger partial charge in [0.2, 0.25) is 0 Å². The highest BCUT2D eigenvalue weighted by molar-refractivity contribution is 5.82. The average Bonchev–Trinajstić information content (AvgIpc) is 2.88. The largest absolute Gasteiger partial charge is 0.464 e. The van der Waals surface area contributed by atoms with Gasteiger partial charge in [-0.25, -0.2) is 0 Å². The van der Waals surface area contributed by atoms with Crippen molar-refractivity contribution in [1.82, 2.24) is 10.2 Å². The van der Waals surface area contributed by atoms with E-state index in [4.69, 9.17) is 4.42 Å². The fourth-order valence-corrected chi connectivity index (χ4v) is 1.53. The van der Waals surface area contributed by atoms with Crippen molar-refractivity contribution in [2.24, 2.45) is 0 Å². The van der Waals surface area contributed by atoms with Crippen molar-refractivity contribution in [3.63, 3.8) is 0 Å². The summed E-state index contributed by atoms with van der Waals surface area (Å²) in [7, 11) is 0. The zero-order valence-electron chi connectivity index (χ0n) is 7.40. The molecule has 0 aliphatic carbocycles. The third-order valence-corrected chi connectivity index (χ3v) is 2.25. The number of H-pyrrole nitrogens is 1. The number of benzene rings is 1. The van der Waals surface area contributed by atoms with Crippen molar-refractivity contribution in [3.8, 4) is 11.3 Å². The van der Waals surface area contributed by atoms with Crippen LogP contribution in [0.15, 0.2) is 47.2 Å². The molecule has 3 heteroatoms. The highest BCUT2D eigenvalue weighted by Gasteiger charge is 2.02. The van der Waals surface area contributed by atoms with Gasteiger partial charge in [0.15, 0.2) is 0 Å². The van der Waals surface area contributed by atoms with Crippen molar-refractivity contribution >= 4 is 10.9 Å². The molecule has 3 rings (SSSR count). The molecule has 1 N–H and O–H groups in total. The van der Waals surface area contributed by atoms with Crippen LogP contribution < -0.4 is 0 Å². The highest BCUT2D eigenvalue weighted by atomic mass is 16.3. The molecule has 3 nitrogen and oxygen atoms in total. The zero-order chi connectivity index (χ0) is 9.38. The lowest BCUT2D eigenvalue weighted by Crippen LogP contribution is -1.74. The van der Waals surface area contributed by atoms with Crippen molar-refractivity contribution < 1.29 is 4.42 Å². The summed E-state index contributed by atoms with van der Waals surface area (Å²) in [5.41, 5.74) is 2.09. The normalized spacial score (nSPS) is 10.9. The van der Waals surface area contributed by atoms with Crippen LogP contribution in [0.5, 0.6) is 0 Å². The summed E-state index contributed by atoms with van der Waals surface area (Å²) in [5.74, 6) is 0.876. The van der Waals surface area contributed by atoms with Gasteiger partial charge < -0.3 is 4.42 Å². The molecule has 14 heavy (non-hydrogen) atoms. The summed E-state index contributed by atoms with van der Waals surface area (Å²) in [6, 6.07) is 9.90. The monoisotopic (exact) mass is 184 g/mol. The number of hydrogen-bond acceptors (Lipinski definition) is 2. The second kappa shape index (κ2) is 2.73. The molecule has 2 heterocycles. The van der Waals surface area contributed by atoms with Crippen molar-refractivity contribution in [3.05, 3.63) is 42.8 Å². The first-order chi connectivity index (χ1) is 6.93. The molecule has 0 atom stereocenters. The van der Waals surface area contributed by atoms with Gasteiger partial charge in [-0.2, -0.15) is 5.10 Å². The molecule has 0 aliphatic rings. The van der Waals surface area contributed by atoms with Gasteiger partial charge in [-0.3, -0.25) is 5.10 Å². The standard InChI is InChI=1S/C11H8N2O/c1-2-11(14-5-1)8-3-4-9-7-12-13-10(9)6-8/h1-7H,(H,12,13). The number of fused-ring (bicyclic) bond motifs is 1. The van der Waals surface area contributed by atoms with Gasteiger partial charge in [0.25, 0.3) is 0 Å². The second-order valence-corrected chi connectivity index (χ2v) is 3.15. The Hall–Kier alpha value is -2.03. The summed E-state index contributed by atoms with van der Waals surface area (Å²) in [6.45, 7) is 0. The smallest absolute Gasteiger partial charge is 0.133 e. The average molecular weight is 184 g/mol. The van der Waals surface area contributed by atoms with Gasteiger partial charge in [0.05, 0.1) is 18.0 Å². The number of rotatable bonds is 1. The molecule has 0 radical (unpaired) electrons. The Morgan fingerprint density at radius 2 is 2.21 bits per heavy atom. The van der Waals surface area contributed by atoms with E-state index >= 15 is 0 Å². The topological polar surface area (TPSA) is 41.8 Å². The molecular formula is C11H8N2O. The molecule has 2 aromatic heterocycles. The molecule has 0 aliphatic heterocycles. The van der Waals surface area contributed by atoms with Crippen LogP contribution >= 0.6 is 0 Å². The van der Waals surface area contributed by atoms with Gasteiger partial charge in [-0.05, 0) is 18.2 Å². The van der Waals surface area contributed by atoms with Gasteiger partial charge in [-0.15, -0.1) is 0 Å². The fraction of sp³-hybridized carbons (Fsp3) is 0. The van der Waals surface area contributed by atoms with Crippen LogP contribution in [0, 0.1) is 0 Å². The first-order valence-electron chi connectivity index (χ1n) is 4.40. The summed E-state index contributed by atoms with van der Waals surface area (Å²) in [6.07, 6.45) is 3.48. The van der Waals surface area contributed by atoms with E-state index in [9.17, 15) is 0 Å². The summed E-state index contributed by atoms with van der Waals surface area (Å²) in [4.78, 5) is 0. The Morgan fingerprint density at radius 3 is 3.07 bits per heavy atom. The highest BCUT2D eigenvalue weighted by Crippen LogP contribution is 2.23. The van der Waals surface area contributed by atoms with Crippen LogP contribution in [0.25, 0.3) is 22.2 Å². The second-order valence-electron chi connectivity index (χ2n) is 3.15. The minimum Gasteiger partial charge on any atom is -0.464 e. The first-order valence-corrected chi connectivity index (χ1v) is 4.40. The van der Waals surface area contributed by atoms with Gasteiger partial charge in [0, 0.05) is 10.9 Å². The molecule has 0 bridgehead atoms. The molecule has 68 valence electrons. The molecule has 0 unspecified atom stereocenters. The van der Waals surface area contributed by atoms with Gasteiger partial charge >= 0.3 is 0 Å². The Morgan fingerprint density at radius 1 is 1.21 bits per heavy atom. The van der Waals surface area contributed by atoms with E-state index in [1.165, 1.54) is 0 Å². The quantitative estimate of drug-likeness (QED) is 0.631. The van der Waals surface area contributed by atoms with E-state index in [1.807, 2.05) is 30.3 Å². The zero-order valence-corrected chi connectivity index (χ0v) is 7.40. The predicted molar refractivity (Wildman–Crippen MR) is 53.8 cm³/mol. The number of furan rings is 1. The molecule has 0 amide bonds. The predicted octanol–water partition coefficient (Wildman–Crippen LogP) is 2.82. The molecule has 0 fully saturated rings. The maximum absolute atomic E-state index is 5.31. The van der Waals surface area contributed by atoms with E-state index < -0.39 is 0 Å². The minimum absolute atomic E-state index is 0.876. The number of nitrogens with zero attached hydrogens (tertiary/aromatic N) is 1. The maximum Gasteiger partial charge on any atom is 0.133 e. The van der Waals surface area contributed by atoms with E-state index in [0.29, 0.717) is 0 Å². The van der Waals surface area contributed by atoms with Crippen molar-refractivity contribution in [2.75, 3.05) is 0 Å². The molecule has 3 aromatic rings. The molecule has 0 spiro atoms. The van der Waals surface area contributed by atoms with Crippen molar-refractivity contribution in [2.45, 2.75) is 0 Å². The summed E-state index contributed by atoms with van der Waals surface area (Å²) >= 11 is 0. The van der Waals surface area contributed by atoms with Gasteiger partial charge in [-0.1, -0.05) is 12.1 Å². The third-order valence-electron chi connectivity index (χ3n) is 2.25. The number of aromatic nitrogens is 2. The molecule has 0 saturated carbocycles. The van der Waals surface area contributed by atoms with E-state index in [2.05, 4.69) is 10.2 Å². The summed E-state index contributed by atoms with van der Waals surface area (Å²) < 4.78 is 5.31. The Bertz CT molecular complexity index is 551. The molecule has 0 saturated heterocycles. The van der Waals surface area contributed by atoms with E-state index in [1.54, 1.807) is 12.5 Å². The van der Waals surface area contributed by atoms with Crippen LogP contribution in [0.1, 0.15) is 0 Å². The first kappa shape index (κ1) is 7.38. The third kappa shape index (κ3) is 1.03. The Balaban J connectivity index is 2.23. The van der Waals surface area contributed by atoms with Gasteiger partial charge in [0.1, 0.15) is 5.76 Å². The number of aromatic amines is 1. The minimum atomic E-state index is 0.876. The summed E-state index contributed by atoms with van der Waals surface area (Å²) in [5, 5.41) is 8.01. The van der Waals surface area contributed by atoms with E-state index in [-0.39, 0.29) is 0 Å². The number of nitrogens with one attached hydrogen (secondary N) is 1. The SMILES string of the molecule is c1coc(-c2ccc3cn[nH]c3c2)c1. The lowest BCUT2D eigenvalue weighted by Gasteiger charge is -1.95. The lowest BCUT2D eigenvalue weighted by atomic mass is 10.1. The van der Waals surface area contributed by atoms with Crippen LogP contribution in [-0.2, 0) is 0 Å². The Labute approximate surface area is 80.4 Å². The van der Waals surface area contributed by atoms with Crippen molar-refractivity contribution in [1.29, 1.82) is 0 Å². The maximum atomic E-state index is 5.31.